The topological polar surface area (TPSA) is 17.1 Å². The maximum Gasteiger partial charge on any atom is 0.119 e. The molecule has 1 rings (SSSR count). The van der Waals surface area contributed by atoms with Crippen molar-refractivity contribution in [1.82, 2.24) is 0 Å². The first kappa shape index (κ1) is 12.0. The van der Waals surface area contributed by atoms with Crippen LogP contribution in [-0.4, -0.2) is 13.3 Å². The van der Waals surface area contributed by atoms with Gasteiger partial charge in [0.25, 0.3) is 0 Å². The Bertz CT molecular complexity index is 354. The molecule has 0 saturated carbocycles. The summed E-state index contributed by atoms with van der Waals surface area (Å²) in [6.07, 6.45) is 1.07. The third kappa shape index (κ3) is 3.59. The van der Waals surface area contributed by atoms with E-state index in [-0.39, 0.29) is 0 Å². The highest BCUT2D eigenvalue weighted by Crippen LogP contribution is 2.38. The fourth-order valence-corrected chi connectivity index (χ4v) is 3.98. The fraction of sp³-hybridized carbons (Fsp3) is 0.636. The van der Waals surface area contributed by atoms with Crippen molar-refractivity contribution in [3.05, 3.63) is 17.0 Å². The Hall–Kier alpha value is -0.0700. The van der Waals surface area contributed by atoms with Gasteiger partial charge in [0.2, 0.25) is 0 Å². The molecule has 1 aromatic rings. The fourth-order valence-electron chi connectivity index (χ4n) is 1.27. The van der Waals surface area contributed by atoms with Gasteiger partial charge < -0.3 is 4.57 Å². The maximum atomic E-state index is 11.8. The quantitative estimate of drug-likeness (QED) is 0.710. The molecule has 14 heavy (non-hydrogen) atoms. The van der Waals surface area contributed by atoms with Gasteiger partial charge in [0, 0.05) is 4.88 Å². The summed E-state index contributed by atoms with van der Waals surface area (Å²) in [5, 5.41) is 0. The van der Waals surface area contributed by atoms with Gasteiger partial charge in [0.1, 0.15) is 7.14 Å². The molecule has 0 aliphatic rings. The van der Waals surface area contributed by atoms with E-state index in [0.29, 0.717) is 5.41 Å². The predicted octanol–water partition coefficient (Wildman–Crippen LogP) is 3.58. The monoisotopic (exact) mass is 230 g/mol. The highest BCUT2D eigenvalue weighted by Gasteiger charge is 2.17. The Kier molecular flexibility index (Phi) is 3.28. The molecule has 0 saturated heterocycles. The molecule has 0 bridgehead atoms. The average Bonchev–Trinajstić information content (AvgIpc) is 2.29. The van der Waals surface area contributed by atoms with Gasteiger partial charge in [0.15, 0.2) is 0 Å². The summed E-state index contributed by atoms with van der Waals surface area (Å²) >= 11 is 1.70. The van der Waals surface area contributed by atoms with Crippen molar-refractivity contribution in [1.29, 1.82) is 0 Å². The molecular weight excluding hydrogens is 211 g/mol. The van der Waals surface area contributed by atoms with E-state index in [1.165, 1.54) is 4.88 Å². The highest BCUT2D eigenvalue weighted by atomic mass is 32.1. The molecule has 1 nitrogen and oxygen atoms in total. The van der Waals surface area contributed by atoms with Crippen molar-refractivity contribution in [2.24, 2.45) is 5.41 Å². The summed E-state index contributed by atoms with van der Waals surface area (Å²) in [5.41, 5.74) is 0.313. The molecule has 0 aliphatic heterocycles. The number of hydrogen-bond donors (Lipinski definition) is 0. The molecule has 0 aromatic carbocycles. The highest BCUT2D eigenvalue weighted by molar-refractivity contribution is 7.75. The van der Waals surface area contributed by atoms with E-state index >= 15 is 0 Å². The lowest BCUT2D eigenvalue weighted by Crippen LogP contribution is -2.07. The van der Waals surface area contributed by atoms with E-state index < -0.39 is 7.14 Å². The second kappa shape index (κ2) is 3.83. The van der Waals surface area contributed by atoms with E-state index in [4.69, 9.17) is 0 Å². The number of hydrogen-bond acceptors (Lipinski definition) is 2. The van der Waals surface area contributed by atoms with E-state index in [9.17, 15) is 4.57 Å². The molecule has 0 spiro atoms. The van der Waals surface area contributed by atoms with Crippen LogP contribution >= 0.6 is 18.5 Å². The molecule has 0 N–H and O–H groups in total. The van der Waals surface area contributed by atoms with Crippen molar-refractivity contribution >= 4 is 23.1 Å². The molecule has 0 atom stereocenters. The van der Waals surface area contributed by atoms with Crippen LogP contribution in [0.15, 0.2) is 12.1 Å². The first-order chi connectivity index (χ1) is 6.18. The van der Waals surface area contributed by atoms with Gasteiger partial charge in [0.05, 0.1) is 4.62 Å². The minimum Gasteiger partial charge on any atom is -0.318 e. The molecule has 1 aromatic heterocycles. The van der Waals surface area contributed by atoms with Crippen LogP contribution in [0.25, 0.3) is 0 Å². The van der Waals surface area contributed by atoms with E-state index in [2.05, 4.69) is 26.8 Å². The largest absolute Gasteiger partial charge is 0.318 e. The summed E-state index contributed by atoms with van der Waals surface area (Å²) in [6.45, 7) is 10.3. The van der Waals surface area contributed by atoms with Crippen molar-refractivity contribution in [3.63, 3.8) is 0 Å². The number of thiophene rings is 1. The molecule has 0 fully saturated rings. The van der Waals surface area contributed by atoms with Gasteiger partial charge in [-0.25, -0.2) is 0 Å². The first-order valence-electron chi connectivity index (χ1n) is 4.83. The Morgan fingerprint density at radius 1 is 1.29 bits per heavy atom. The second-order valence-electron chi connectivity index (χ2n) is 5.33. The van der Waals surface area contributed by atoms with Crippen LogP contribution in [0.2, 0.25) is 0 Å². The van der Waals surface area contributed by atoms with Gasteiger partial charge in [-0.3, -0.25) is 0 Å². The molecule has 0 unspecified atom stereocenters. The van der Waals surface area contributed by atoms with E-state index in [1.807, 2.05) is 19.4 Å². The Morgan fingerprint density at radius 3 is 2.21 bits per heavy atom. The third-order valence-electron chi connectivity index (χ3n) is 1.88. The second-order valence-corrected chi connectivity index (χ2v) is 9.98. The van der Waals surface area contributed by atoms with Crippen LogP contribution in [0.1, 0.15) is 25.6 Å². The molecule has 0 aliphatic carbocycles. The minimum absolute atomic E-state index is 0.313. The van der Waals surface area contributed by atoms with Crippen LogP contribution < -0.4 is 4.62 Å². The normalized spacial score (nSPS) is 13.2. The molecule has 0 amide bonds. The smallest absolute Gasteiger partial charge is 0.119 e. The summed E-state index contributed by atoms with van der Waals surface area (Å²) in [5.74, 6) is 0. The van der Waals surface area contributed by atoms with Crippen LogP contribution in [-0.2, 0) is 11.0 Å². The van der Waals surface area contributed by atoms with Gasteiger partial charge >= 0.3 is 0 Å². The molecule has 1 heterocycles. The molecular formula is C11H19OPS. The third-order valence-corrected chi connectivity index (χ3v) is 5.57. The predicted molar refractivity (Wildman–Crippen MR) is 66.6 cm³/mol. The van der Waals surface area contributed by atoms with Gasteiger partial charge in [-0.1, -0.05) is 20.8 Å². The summed E-state index contributed by atoms with van der Waals surface area (Å²) in [6, 6.07) is 4.14. The zero-order chi connectivity index (χ0) is 11.0. The lowest BCUT2D eigenvalue weighted by atomic mass is 9.92. The standard InChI is InChI=1S/C11H19OPS/c1-11(2,3)8-9-6-7-10(14-9)13(4,5)12/h6-7H,8H2,1-5H3. The Labute approximate surface area is 90.9 Å². The zero-order valence-corrected chi connectivity index (χ0v) is 11.3. The van der Waals surface area contributed by atoms with Crippen LogP contribution in [0.5, 0.6) is 0 Å². The maximum absolute atomic E-state index is 11.8. The van der Waals surface area contributed by atoms with E-state index in [0.717, 1.165) is 11.0 Å². The van der Waals surface area contributed by atoms with Crippen molar-refractivity contribution in [2.45, 2.75) is 27.2 Å². The van der Waals surface area contributed by atoms with Crippen LogP contribution in [0.3, 0.4) is 0 Å². The van der Waals surface area contributed by atoms with Crippen LogP contribution in [0.4, 0.5) is 0 Å². The summed E-state index contributed by atoms with van der Waals surface area (Å²) in [7, 11) is -2.04. The summed E-state index contributed by atoms with van der Waals surface area (Å²) in [4.78, 5) is 1.34. The number of rotatable bonds is 2. The SMILES string of the molecule is CC(C)(C)Cc1ccc(P(C)(C)=O)s1. The first-order valence-corrected chi connectivity index (χ1v) is 8.24. The Morgan fingerprint density at radius 2 is 1.86 bits per heavy atom. The van der Waals surface area contributed by atoms with Crippen molar-refractivity contribution in [3.8, 4) is 0 Å². The van der Waals surface area contributed by atoms with Crippen molar-refractivity contribution < 1.29 is 4.57 Å². The van der Waals surface area contributed by atoms with Gasteiger partial charge in [-0.2, -0.15) is 0 Å². The molecule has 3 heteroatoms. The van der Waals surface area contributed by atoms with E-state index in [1.54, 1.807) is 11.3 Å². The average molecular weight is 230 g/mol. The summed E-state index contributed by atoms with van der Waals surface area (Å²) < 4.78 is 12.9. The minimum atomic E-state index is -2.04. The molecule has 80 valence electrons. The molecule has 0 radical (unpaired) electrons. The van der Waals surface area contributed by atoms with Gasteiger partial charge in [-0.05, 0) is 37.3 Å². The van der Waals surface area contributed by atoms with Crippen molar-refractivity contribution in [2.75, 3.05) is 13.3 Å². The van der Waals surface area contributed by atoms with Crippen LogP contribution in [0, 0.1) is 5.41 Å². The Balaban J connectivity index is 2.85. The lowest BCUT2D eigenvalue weighted by molar-refractivity contribution is 0.414. The van der Waals surface area contributed by atoms with Gasteiger partial charge in [-0.15, -0.1) is 11.3 Å². The zero-order valence-electron chi connectivity index (χ0n) is 9.63. The lowest BCUT2D eigenvalue weighted by Gasteiger charge is -2.16.